The molecule has 0 fully saturated rings. The van der Waals surface area contributed by atoms with Crippen LogP contribution >= 0.6 is 0 Å². The average molecular weight is 370 g/mol. The van der Waals surface area contributed by atoms with Gasteiger partial charge in [0.05, 0.1) is 10.6 Å². The number of sulfone groups is 1. The lowest BCUT2D eigenvalue weighted by Gasteiger charge is -2.19. The summed E-state index contributed by atoms with van der Waals surface area (Å²) in [5, 5.41) is 9.29. The number of fused-ring (bicyclic) bond motifs is 1. The Bertz CT molecular complexity index is 991. The Kier molecular flexibility index (Phi) is 4.53. The van der Waals surface area contributed by atoms with Crippen molar-refractivity contribution in [3.05, 3.63) is 59.2 Å². The van der Waals surface area contributed by atoms with Gasteiger partial charge in [-0.25, -0.2) is 13.2 Å². The first kappa shape index (κ1) is 18.4. The van der Waals surface area contributed by atoms with Gasteiger partial charge in [-0.2, -0.15) is 0 Å². The van der Waals surface area contributed by atoms with E-state index >= 15 is 0 Å². The number of hydrogen-bond acceptors (Lipinski definition) is 3. The van der Waals surface area contributed by atoms with Crippen LogP contribution in [0.15, 0.2) is 52.9 Å². The summed E-state index contributed by atoms with van der Waals surface area (Å²) in [4.78, 5) is 11.5. The maximum atomic E-state index is 12.4. The van der Waals surface area contributed by atoms with Crippen LogP contribution in [-0.4, -0.2) is 25.2 Å². The summed E-state index contributed by atoms with van der Waals surface area (Å²) in [6.07, 6.45) is 1.50. The quantitative estimate of drug-likeness (QED) is 0.856. The van der Waals surface area contributed by atoms with Crippen LogP contribution in [0.1, 0.15) is 38.3 Å². The highest BCUT2D eigenvalue weighted by Crippen LogP contribution is 2.32. The summed E-state index contributed by atoms with van der Waals surface area (Å²) >= 11 is 0. The molecule has 0 amide bonds. The van der Waals surface area contributed by atoms with E-state index in [-0.39, 0.29) is 28.1 Å². The van der Waals surface area contributed by atoms with Crippen molar-refractivity contribution in [2.45, 2.75) is 37.5 Å². The topological polar surface area (TPSA) is 71.4 Å². The maximum Gasteiger partial charge on any atom is 0.331 e. The highest BCUT2D eigenvalue weighted by atomic mass is 32.2. The van der Waals surface area contributed by atoms with Gasteiger partial charge >= 0.3 is 5.97 Å². The second kappa shape index (κ2) is 6.40. The Morgan fingerprint density at radius 1 is 1.00 bits per heavy atom. The van der Waals surface area contributed by atoms with Gasteiger partial charge in [0, 0.05) is 5.57 Å². The van der Waals surface area contributed by atoms with Gasteiger partial charge in [0.15, 0.2) is 9.84 Å². The number of hydrogen-bond donors (Lipinski definition) is 1. The third-order valence-electron chi connectivity index (χ3n) is 4.67. The van der Waals surface area contributed by atoms with Gasteiger partial charge in [-0.3, -0.25) is 0 Å². The summed E-state index contributed by atoms with van der Waals surface area (Å²) < 4.78 is 24.9. The maximum absolute atomic E-state index is 12.4. The molecule has 0 aromatic heterocycles. The molecule has 0 radical (unpaired) electrons. The second-order valence-electron chi connectivity index (χ2n) is 7.62. The van der Waals surface area contributed by atoms with E-state index in [0.717, 1.165) is 11.1 Å². The Morgan fingerprint density at radius 2 is 1.62 bits per heavy atom. The van der Waals surface area contributed by atoms with Crippen LogP contribution in [0.5, 0.6) is 0 Å². The van der Waals surface area contributed by atoms with Crippen molar-refractivity contribution >= 4 is 21.9 Å². The number of rotatable bonds is 2. The predicted molar refractivity (Wildman–Crippen MR) is 103 cm³/mol. The first-order chi connectivity index (χ1) is 12.1. The molecule has 0 unspecified atom stereocenters. The van der Waals surface area contributed by atoms with Crippen LogP contribution in [-0.2, 0) is 20.0 Å². The zero-order valence-electron chi connectivity index (χ0n) is 15.1. The molecule has 0 saturated carbocycles. The lowest BCUT2D eigenvalue weighted by molar-refractivity contribution is -0.132. The fourth-order valence-electron chi connectivity index (χ4n) is 3.07. The standard InChI is InChI=1S/C21H22O4S/c1-21(2,3)18-7-4-14(5-8-18)15-6-9-19-17(12-15)13-16(20(22)23)10-11-26(19,24)25/h4-9,12-13H,10-11H2,1-3H3,(H,22,23). The van der Waals surface area contributed by atoms with E-state index in [1.165, 1.54) is 11.6 Å². The van der Waals surface area contributed by atoms with E-state index in [1.54, 1.807) is 18.2 Å². The molecular formula is C21H22O4S. The summed E-state index contributed by atoms with van der Waals surface area (Å²) in [5.41, 5.74) is 3.66. The first-order valence-corrected chi connectivity index (χ1v) is 10.1. The lowest BCUT2D eigenvalue weighted by atomic mass is 9.86. The summed E-state index contributed by atoms with van der Waals surface area (Å²) in [7, 11) is -3.49. The fourth-order valence-corrected chi connectivity index (χ4v) is 4.53. The molecule has 26 heavy (non-hydrogen) atoms. The van der Waals surface area contributed by atoms with Gasteiger partial charge < -0.3 is 5.11 Å². The number of aliphatic carboxylic acids is 1. The van der Waals surface area contributed by atoms with Gasteiger partial charge in [-0.15, -0.1) is 0 Å². The zero-order valence-corrected chi connectivity index (χ0v) is 15.9. The van der Waals surface area contributed by atoms with E-state index in [2.05, 4.69) is 32.9 Å². The van der Waals surface area contributed by atoms with Crippen LogP contribution in [0.2, 0.25) is 0 Å². The highest BCUT2D eigenvalue weighted by molar-refractivity contribution is 7.91. The van der Waals surface area contributed by atoms with Crippen LogP contribution in [0, 0.1) is 0 Å². The molecule has 1 aliphatic rings. The fraction of sp³-hybridized carbons (Fsp3) is 0.286. The molecule has 1 N–H and O–H groups in total. The smallest absolute Gasteiger partial charge is 0.331 e. The first-order valence-electron chi connectivity index (χ1n) is 8.49. The van der Waals surface area contributed by atoms with Crippen LogP contribution < -0.4 is 0 Å². The number of carbonyl (C=O) groups is 1. The summed E-state index contributed by atoms with van der Waals surface area (Å²) in [5.74, 6) is -1.26. The third-order valence-corrected chi connectivity index (χ3v) is 6.46. The molecule has 0 atom stereocenters. The molecule has 4 nitrogen and oxygen atoms in total. The predicted octanol–water partition coefficient (Wildman–Crippen LogP) is 4.30. The Labute approximate surface area is 154 Å². The molecule has 0 spiro atoms. The molecular weight excluding hydrogens is 348 g/mol. The molecule has 0 bridgehead atoms. The van der Waals surface area contributed by atoms with Crippen molar-refractivity contribution in [2.24, 2.45) is 0 Å². The summed E-state index contributed by atoms with van der Waals surface area (Å²) in [6, 6.07) is 13.3. The minimum absolute atomic E-state index is 0.0158. The van der Waals surface area contributed by atoms with E-state index in [9.17, 15) is 18.3 Å². The van der Waals surface area contributed by atoms with Crippen LogP contribution in [0.4, 0.5) is 0 Å². The van der Waals surface area contributed by atoms with Gasteiger partial charge in [-0.05, 0) is 52.3 Å². The van der Waals surface area contributed by atoms with Crippen LogP contribution in [0.3, 0.4) is 0 Å². The van der Waals surface area contributed by atoms with E-state index in [4.69, 9.17) is 0 Å². The van der Waals surface area contributed by atoms with Crippen molar-refractivity contribution in [2.75, 3.05) is 5.75 Å². The van der Waals surface area contributed by atoms with Gasteiger partial charge in [-0.1, -0.05) is 51.1 Å². The third kappa shape index (κ3) is 3.58. The minimum Gasteiger partial charge on any atom is -0.478 e. The van der Waals surface area contributed by atoms with Gasteiger partial charge in [0.25, 0.3) is 0 Å². The molecule has 0 aliphatic carbocycles. The van der Waals surface area contributed by atoms with Crippen molar-refractivity contribution < 1.29 is 18.3 Å². The SMILES string of the molecule is CC(C)(C)c1ccc(-c2ccc3c(c2)C=C(C(=O)O)CCS3(=O)=O)cc1. The molecule has 0 saturated heterocycles. The highest BCUT2D eigenvalue weighted by Gasteiger charge is 2.24. The number of carboxylic acids is 1. The monoisotopic (exact) mass is 370 g/mol. The molecule has 136 valence electrons. The Hall–Kier alpha value is -2.40. The normalized spacial score (nSPS) is 16.3. The molecule has 3 rings (SSSR count). The number of benzene rings is 2. The summed E-state index contributed by atoms with van der Waals surface area (Å²) in [6.45, 7) is 6.44. The van der Waals surface area contributed by atoms with Gasteiger partial charge in [0.1, 0.15) is 0 Å². The van der Waals surface area contributed by atoms with E-state index in [0.29, 0.717) is 5.56 Å². The van der Waals surface area contributed by atoms with E-state index in [1.807, 2.05) is 12.1 Å². The molecule has 2 aromatic rings. The Balaban J connectivity index is 2.10. The van der Waals surface area contributed by atoms with Crippen molar-refractivity contribution in [1.82, 2.24) is 0 Å². The minimum atomic E-state index is -3.49. The Morgan fingerprint density at radius 3 is 2.19 bits per heavy atom. The van der Waals surface area contributed by atoms with Crippen LogP contribution in [0.25, 0.3) is 17.2 Å². The molecule has 2 aromatic carbocycles. The molecule has 1 heterocycles. The number of carboxylic acid groups (broad SMARTS) is 1. The largest absolute Gasteiger partial charge is 0.478 e. The molecule has 5 heteroatoms. The lowest BCUT2D eigenvalue weighted by Crippen LogP contribution is -2.10. The van der Waals surface area contributed by atoms with Crippen molar-refractivity contribution in [1.29, 1.82) is 0 Å². The second-order valence-corrected chi connectivity index (χ2v) is 9.70. The average Bonchev–Trinajstić information content (AvgIpc) is 2.70. The van der Waals surface area contributed by atoms with Gasteiger partial charge in [0.2, 0.25) is 0 Å². The van der Waals surface area contributed by atoms with Crippen molar-refractivity contribution in [3.63, 3.8) is 0 Å². The zero-order chi connectivity index (χ0) is 19.1. The van der Waals surface area contributed by atoms with Crippen molar-refractivity contribution in [3.8, 4) is 11.1 Å². The van der Waals surface area contributed by atoms with E-state index < -0.39 is 15.8 Å². The molecule has 1 aliphatic heterocycles.